The van der Waals surface area contributed by atoms with Crippen LogP contribution in [-0.2, 0) is 9.59 Å². The molecule has 0 amide bonds. The van der Waals surface area contributed by atoms with Crippen molar-refractivity contribution >= 4 is 27.5 Å². The lowest BCUT2D eigenvalue weighted by atomic mass is 9.69. The first-order valence-electron chi connectivity index (χ1n) is 4.09. The molecule has 0 fully saturated rings. The zero-order chi connectivity index (χ0) is 9.85. The lowest BCUT2D eigenvalue weighted by molar-refractivity contribution is -0.130. The lowest BCUT2D eigenvalue weighted by Gasteiger charge is -2.29. The fraction of sp³-hybridized carbons (Fsp3) is 0.400. The van der Waals surface area contributed by atoms with Gasteiger partial charge in [0.25, 0.3) is 0 Å². The number of carbonyl (C=O) groups excluding carboxylic acids is 2. The minimum atomic E-state index is -0.664. The van der Waals surface area contributed by atoms with Crippen LogP contribution in [-0.4, -0.2) is 11.6 Å². The van der Waals surface area contributed by atoms with Gasteiger partial charge in [0.15, 0.2) is 11.6 Å². The van der Waals surface area contributed by atoms with Crippen LogP contribution >= 0.6 is 15.9 Å². The van der Waals surface area contributed by atoms with Crippen LogP contribution in [0.25, 0.3) is 0 Å². The summed E-state index contributed by atoms with van der Waals surface area (Å²) < 4.78 is 0.523. The minimum Gasteiger partial charge on any atom is -0.294 e. The van der Waals surface area contributed by atoms with Crippen molar-refractivity contribution < 1.29 is 9.59 Å². The molecule has 0 N–H and O–H groups in total. The summed E-state index contributed by atoms with van der Waals surface area (Å²) in [5.41, 5.74) is -1.33. The zero-order valence-electron chi connectivity index (χ0n) is 7.43. The Morgan fingerprint density at radius 2 is 1.85 bits per heavy atom. The van der Waals surface area contributed by atoms with Crippen LogP contribution in [0.5, 0.6) is 0 Å². The normalized spacial score (nSPS) is 42.5. The molecule has 2 aliphatic carbocycles. The van der Waals surface area contributed by atoms with Crippen LogP contribution < -0.4 is 0 Å². The molecule has 2 rings (SSSR count). The molecular formula is C10H9BrO2. The van der Waals surface area contributed by atoms with E-state index >= 15 is 0 Å². The second-order valence-electron chi connectivity index (χ2n) is 3.92. The summed E-state index contributed by atoms with van der Waals surface area (Å²) in [6.45, 7) is 3.61. The van der Waals surface area contributed by atoms with Crippen LogP contribution in [0.2, 0.25) is 0 Å². The Kier molecular flexibility index (Phi) is 1.51. The zero-order valence-corrected chi connectivity index (χ0v) is 9.01. The summed E-state index contributed by atoms with van der Waals surface area (Å²) in [6.07, 6.45) is 4.94. The topological polar surface area (TPSA) is 34.1 Å². The van der Waals surface area contributed by atoms with Gasteiger partial charge in [-0.05, 0) is 35.9 Å². The second kappa shape index (κ2) is 2.21. The largest absolute Gasteiger partial charge is 0.294 e. The maximum atomic E-state index is 11.7. The predicted octanol–water partition coefficient (Wildman–Crippen LogP) is 2.00. The first-order chi connectivity index (χ1) is 5.92. The van der Waals surface area contributed by atoms with Crippen LogP contribution in [0.1, 0.15) is 13.8 Å². The van der Waals surface area contributed by atoms with Crippen molar-refractivity contribution in [2.45, 2.75) is 13.8 Å². The molecule has 2 atom stereocenters. The Morgan fingerprint density at radius 3 is 2.38 bits per heavy atom. The highest BCUT2D eigenvalue weighted by Crippen LogP contribution is 2.54. The van der Waals surface area contributed by atoms with E-state index in [9.17, 15) is 9.59 Å². The first-order valence-corrected chi connectivity index (χ1v) is 4.88. The van der Waals surface area contributed by atoms with Gasteiger partial charge < -0.3 is 0 Å². The monoisotopic (exact) mass is 240 g/mol. The molecule has 0 saturated heterocycles. The molecule has 0 radical (unpaired) electrons. The maximum absolute atomic E-state index is 11.7. The molecule has 0 unspecified atom stereocenters. The highest BCUT2D eigenvalue weighted by molar-refractivity contribution is 9.12. The standard InChI is InChI=1S/C10H9BrO2/c1-9-4-3-7(12)10(9,2)5-6(11)8(9)13/h3-5H,1-2H3/t9-,10+/m1/s1. The first kappa shape index (κ1) is 8.88. The summed E-state index contributed by atoms with van der Waals surface area (Å²) >= 11 is 3.18. The Morgan fingerprint density at radius 1 is 1.23 bits per heavy atom. The molecule has 13 heavy (non-hydrogen) atoms. The predicted molar refractivity (Wildman–Crippen MR) is 52.4 cm³/mol. The Labute approximate surface area is 84.8 Å². The number of allylic oxidation sites excluding steroid dienone is 4. The third-order valence-corrected chi connectivity index (χ3v) is 3.85. The fourth-order valence-corrected chi connectivity index (χ4v) is 2.81. The Balaban J connectivity index is 2.65. The molecule has 2 aliphatic rings. The average Bonchev–Trinajstić information content (AvgIpc) is 2.38. The van der Waals surface area contributed by atoms with Gasteiger partial charge in [-0.15, -0.1) is 0 Å². The summed E-state index contributed by atoms with van der Waals surface area (Å²) in [4.78, 5) is 23.3. The van der Waals surface area contributed by atoms with Gasteiger partial charge in [-0.2, -0.15) is 0 Å². The molecule has 0 saturated carbocycles. The van der Waals surface area contributed by atoms with Crippen molar-refractivity contribution in [3.63, 3.8) is 0 Å². The number of rotatable bonds is 0. The van der Waals surface area contributed by atoms with Crippen molar-refractivity contribution in [2.24, 2.45) is 10.8 Å². The summed E-state index contributed by atoms with van der Waals surface area (Å²) in [5, 5.41) is 0. The third-order valence-electron chi connectivity index (χ3n) is 3.26. The van der Waals surface area contributed by atoms with Crippen molar-refractivity contribution in [1.82, 2.24) is 0 Å². The van der Waals surface area contributed by atoms with Gasteiger partial charge in [-0.1, -0.05) is 12.2 Å². The minimum absolute atomic E-state index is 0.00269. The number of fused-ring (bicyclic) bond motifs is 1. The number of hydrogen-bond acceptors (Lipinski definition) is 2. The molecule has 0 spiro atoms. The van der Waals surface area contributed by atoms with Gasteiger partial charge in [0.1, 0.15) is 0 Å². The van der Waals surface area contributed by atoms with E-state index in [0.29, 0.717) is 4.48 Å². The maximum Gasteiger partial charge on any atom is 0.180 e. The molecule has 0 heterocycles. The van der Waals surface area contributed by atoms with Crippen molar-refractivity contribution in [3.05, 3.63) is 22.7 Å². The number of ketones is 2. The lowest BCUT2D eigenvalue weighted by Crippen LogP contribution is -2.37. The van der Waals surface area contributed by atoms with E-state index in [1.807, 2.05) is 13.8 Å². The SMILES string of the molecule is C[C@@]12C=C(Br)C(=O)[C@@]1(C)C=CC2=O. The number of Topliss-reactive ketones (excluding diaryl/α,β-unsaturated/α-hetero) is 1. The molecular weight excluding hydrogens is 232 g/mol. The Bertz CT molecular complexity index is 380. The van der Waals surface area contributed by atoms with Gasteiger partial charge >= 0.3 is 0 Å². The van der Waals surface area contributed by atoms with Crippen LogP contribution in [0, 0.1) is 10.8 Å². The molecule has 0 bridgehead atoms. The molecule has 0 aromatic heterocycles. The molecule has 68 valence electrons. The molecule has 0 aromatic rings. The van der Waals surface area contributed by atoms with Crippen molar-refractivity contribution in [2.75, 3.05) is 0 Å². The summed E-state index contributed by atoms with van der Waals surface area (Å²) in [7, 11) is 0. The van der Waals surface area contributed by atoms with Crippen LogP contribution in [0.3, 0.4) is 0 Å². The van der Waals surface area contributed by atoms with Gasteiger partial charge in [0.05, 0.1) is 15.3 Å². The number of hydrogen-bond donors (Lipinski definition) is 0. The highest BCUT2D eigenvalue weighted by atomic mass is 79.9. The van der Waals surface area contributed by atoms with Gasteiger partial charge in [0.2, 0.25) is 0 Å². The number of halogens is 1. The second-order valence-corrected chi connectivity index (χ2v) is 4.78. The van der Waals surface area contributed by atoms with Gasteiger partial charge in [-0.3, -0.25) is 9.59 Å². The van der Waals surface area contributed by atoms with E-state index in [1.165, 1.54) is 6.08 Å². The van der Waals surface area contributed by atoms with E-state index in [2.05, 4.69) is 15.9 Å². The van der Waals surface area contributed by atoms with Crippen molar-refractivity contribution in [3.8, 4) is 0 Å². The van der Waals surface area contributed by atoms with Crippen LogP contribution in [0.15, 0.2) is 22.7 Å². The van der Waals surface area contributed by atoms with Gasteiger partial charge in [-0.25, -0.2) is 0 Å². The average molecular weight is 241 g/mol. The molecule has 3 heteroatoms. The van der Waals surface area contributed by atoms with E-state index < -0.39 is 10.8 Å². The molecule has 0 aliphatic heterocycles. The van der Waals surface area contributed by atoms with E-state index in [4.69, 9.17) is 0 Å². The van der Waals surface area contributed by atoms with E-state index in [1.54, 1.807) is 12.2 Å². The quantitative estimate of drug-likeness (QED) is 0.650. The van der Waals surface area contributed by atoms with E-state index in [-0.39, 0.29) is 11.6 Å². The van der Waals surface area contributed by atoms with E-state index in [0.717, 1.165) is 0 Å². The molecule has 2 nitrogen and oxygen atoms in total. The Hall–Kier alpha value is -0.700. The number of carbonyl (C=O) groups is 2. The smallest absolute Gasteiger partial charge is 0.180 e. The fourth-order valence-electron chi connectivity index (χ4n) is 1.94. The summed E-state index contributed by atoms with van der Waals surface area (Å²) in [6, 6.07) is 0. The highest BCUT2D eigenvalue weighted by Gasteiger charge is 2.58. The third kappa shape index (κ3) is 0.784. The summed E-state index contributed by atoms with van der Waals surface area (Å²) in [5.74, 6) is 0.00917. The molecule has 0 aromatic carbocycles. The van der Waals surface area contributed by atoms with Crippen molar-refractivity contribution in [1.29, 1.82) is 0 Å². The van der Waals surface area contributed by atoms with Crippen LogP contribution in [0.4, 0.5) is 0 Å². The van der Waals surface area contributed by atoms with Gasteiger partial charge in [0, 0.05) is 0 Å².